The van der Waals surface area contributed by atoms with Crippen molar-refractivity contribution in [3.63, 3.8) is 0 Å². The minimum atomic E-state index is -0.282. The third kappa shape index (κ3) is 0.354. The van der Waals surface area contributed by atoms with Gasteiger partial charge >= 0.3 is 0 Å². The Morgan fingerprint density at radius 1 is 1.50 bits per heavy atom. The maximum atomic E-state index is 9.86. The first-order valence-electron chi connectivity index (χ1n) is 1.50. The van der Waals surface area contributed by atoms with Gasteiger partial charge < -0.3 is 0 Å². The molecule has 1 rings (SSSR count). The molecule has 0 amide bonds. The maximum absolute atomic E-state index is 9.86. The molecule has 0 bridgehead atoms. The number of ketones is 1. The summed E-state index contributed by atoms with van der Waals surface area (Å²) in [6.07, 6.45) is 0. The van der Waals surface area contributed by atoms with E-state index in [-0.39, 0.29) is 10.9 Å². The third-order valence-electron chi connectivity index (χ3n) is 0.562. The standard InChI is InChI=1S/C3H2O2S/c4-2-1-6-3(2)5/h1H2. The van der Waals surface area contributed by atoms with Gasteiger partial charge in [0.2, 0.25) is 5.78 Å². The number of hydrogen-bond acceptors (Lipinski definition) is 3. The van der Waals surface area contributed by atoms with Crippen LogP contribution in [-0.4, -0.2) is 16.7 Å². The lowest BCUT2D eigenvalue weighted by Gasteiger charge is -2.03. The van der Waals surface area contributed by atoms with Gasteiger partial charge in [-0.15, -0.1) is 0 Å². The molecule has 0 saturated carbocycles. The number of thioether (sulfide) groups is 1. The van der Waals surface area contributed by atoms with E-state index < -0.39 is 0 Å². The number of Topliss-reactive ketones (excluding diaryl/α,β-unsaturated/α-hetero) is 1. The molecule has 0 radical (unpaired) electrons. The van der Waals surface area contributed by atoms with E-state index in [1.165, 1.54) is 0 Å². The fourth-order valence-electron chi connectivity index (χ4n) is 0.190. The Kier molecular flexibility index (Phi) is 0.696. The van der Waals surface area contributed by atoms with Gasteiger partial charge in [-0.05, 0) is 0 Å². The van der Waals surface area contributed by atoms with E-state index in [9.17, 15) is 9.59 Å². The molecule has 1 aliphatic rings. The van der Waals surface area contributed by atoms with Crippen molar-refractivity contribution < 1.29 is 9.59 Å². The molecule has 2 nitrogen and oxygen atoms in total. The first-order chi connectivity index (χ1) is 2.80. The van der Waals surface area contributed by atoms with Gasteiger partial charge in [-0.3, -0.25) is 9.59 Å². The highest BCUT2D eigenvalue weighted by atomic mass is 32.2. The average molecular weight is 102 g/mol. The zero-order valence-corrected chi connectivity index (χ0v) is 3.75. The van der Waals surface area contributed by atoms with E-state index in [2.05, 4.69) is 0 Å². The van der Waals surface area contributed by atoms with Gasteiger partial charge in [-0.1, -0.05) is 11.8 Å². The molecular formula is C3H2O2S. The number of carbonyl (C=O) groups excluding carboxylic acids is 2. The van der Waals surface area contributed by atoms with Gasteiger partial charge in [-0.25, -0.2) is 0 Å². The molecule has 32 valence electrons. The molecule has 1 aliphatic heterocycles. The lowest BCUT2D eigenvalue weighted by atomic mass is 10.5. The van der Waals surface area contributed by atoms with Crippen LogP contribution in [0.25, 0.3) is 0 Å². The molecule has 0 N–H and O–H groups in total. The molecule has 1 heterocycles. The summed E-state index contributed by atoms with van der Waals surface area (Å²) in [7, 11) is 0. The lowest BCUT2D eigenvalue weighted by Crippen LogP contribution is -2.23. The van der Waals surface area contributed by atoms with Crippen molar-refractivity contribution in [2.24, 2.45) is 0 Å². The van der Waals surface area contributed by atoms with Crippen molar-refractivity contribution >= 4 is 22.7 Å². The summed E-state index contributed by atoms with van der Waals surface area (Å²) in [6.45, 7) is 0. The van der Waals surface area contributed by atoms with Crippen LogP contribution in [0.3, 0.4) is 0 Å². The SMILES string of the molecule is O=C1CSC1=O. The molecule has 0 spiro atoms. The van der Waals surface area contributed by atoms with E-state index in [0.29, 0.717) is 5.75 Å². The number of carbonyl (C=O) groups is 2. The molecular weight excluding hydrogens is 100 g/mol. The largest absolute Gasteiger partial charge is 0.289 e. The van der Waals surface area contributed by atoms with Crippen LogP contribution in [0, 0.1) is 0 Å². The summed E-state index contributed by atoms with van der Waals surface area (Å²) in [6, 6.07) is 0. The normalized spacial score (nSPS) is 20.7. The van der Waals surface area contributed by atoms with Crippen LogP contribution >= 0.6 is 11.8 Å². The number of hydrogen-bond donors (Lipinski definition) is 0. The van der Waals surface area contributed by atoms with Crippen LogP contribution in [0.4, 0.5) is 0 Å². The summed E-state index contributed by atoms with van der Waals surface area (Å²) < 4.78 is 0. The van der Waals surface area contributed by atoms with Gasteiger partial charge in [0, 0.05) is 0 Å². The van der Waals surface area contributed by atoms with E-state index in [0.717, 1.165) is 11.8 Å². The molecule has 0 aromatic rings. The average Bonchev–Trinajstić information content (AvgIpc) is 1.61. The highest BCUT2D eigenvalue weighted by molar-refractivity contribution is 8.19. The zero-order valence-electron chi connectivity index (χ0n) is 2.93. The molecule has 0 aromatic heterocycles. The van der Waals surface area contributed by atoms with Crippen molar-refractivity contribution in [1.29, 1.82) is 0 Å². The molecule has 1 saturated heterocycles. The van der Waals surface area contributed by atoms with Gasteiger partial charge in [-0.2, -0.15) is 0 Å². The Balaban J connectivity index is 2.61. The minimum Gasteiger partial charge on any atom is -0.289 e. The minimum absolute atomic E-state index is 0.236. The van der Waals surface area contributed by atoms with Crippen molar-refractivity contribution in [1.82, 2.24) is 0 Å². The summed E-state index contributed by atoms with van der Waals surface area (Å²) >= 11 is 1.08. The monoisotopic (exact) mass is 102 g/mol. The van der Waals surface area contributed by atoms with Crippen LogP contribution < -0.4 is 0 Å². The molecule has 3 heteroatoms. The molecule has 0 unspecified atom stereocenters. The molecule has 0 aromatic carbocycles. The first kappa shape index (κ1) is 3.87. The summed E-state index contributed by atoms with van der Waals surface area (Å²) in [5.74, 6) is 0.166. The summed E-state index contributed by atoms with van der Waals surface area (Å²) in [4.78, 5) is 19.7. The van der Waals surface area contributed by atoms with E-state index >= 15 is 0 Å². The highest BCUT2D eigenvalue weighted by Crippen LogP contribution is 2.13. The lowest BCUT2D eigenvalue weighted by molar-refractivity contribution is -0.131. The van der Waals surface area contributed by atoms with Crippen LogP contribution in [-0.2, 0) is 9.59 Å². The van der Waals surface area contributed by atoms with Crippen molar-refractivity contribution in [3.8, 4) is 0 Å². The number of rotatable bonds is 0. The van der Waals surface area contributed by atoms with Gasteiger partial charge in [0.15, 0.2) is 0 Å². The van der Waals surface area contributed by atoms with E-state index in [1.54, 1.807) is 0 Å². The second-order valence-corrected chi connectivity index (χ2v) is 1.95. The summed E-state index contributed by atoms with van der Waals surface area (Å²) in [5.41, 5.74) is 0. The highest BCUT2D eigenvalue weighted by Gasteiger charge is 2.24. The quantitative estimate of drug-likeness (QED) is 0.398. The van der Waals surface area contributed by atoms with Crippen molar-refractivity contribution in [2.75, 3.05) is 5.75 Å². The smallest absolute Gasteiger partial charge is 0.256 e. The van der Waals surface area contributed by atoms with Gasteiger partial charge in [0.05, 0.1) is 5.75 Å². The zero-order chi connectivity index (χ0) is 4.57. The van der Waals surface area contributed by atoms with Crippen molar-refractivity contribution in [2.45, 2.75) is 0 Å². The van der Waals surface area contributed by atoms with Gasteiger partial charge in [0.25, 0.3) is 5.12 Å². The van der Waals surface area contributed by atoms with Crippen molar-refractivity contribution in [3.05, 3.63) is 0 Å². The first-order valence-corrected chi connectivity index (χ1v) is 2.49. The predicted octanol–water partition coefficient (Wildman–Crippen LogP) is -0.171. The molecule has 1 fully saturated rings. The fourth-order valence-corrected chi connectivity index (χ4v) is 0.570. The van der Waals surface area contributed by atoms with E-state index in [4.69, 9.17) is 0 Å². The Morgan fingerprint density at radius 2 is 2.00 bits per heavy atom. The maximum Gasteiger partial charge on any atom is 0.256 e. The second-order valence-electron chi connectivity index (χ2n) is 0.999. The van der Waals surface area contributed by atoms with Crippen LogP contribution in [0.5, 0.6) is 0 Å². The molecule has 0 aliphatic carbocycles. The van der Waals surface area contributed by atoms with Gasteiger partial charge in [0.1, 0.15) is 0 Å². The Morgan fingerprint density at radius 3 is 2.00 bits per heavy atom. The van der Waals surface area contributed by atoms with Crippen LogP contribution in [0.1, 0.15) is 0 Å². The topological polar surface area (TPSA) is 34.1 Å². The van der Waals surface area contributed by atoms with Crippen LogP contribution in [0.15, 0.2) is 0 Å². The second kappa shape index (κ2) is 1.08. The third-order valence-corrected chi connectivity index (χ3v) is 1.46. The summed E-state index contributed by atoms with van der Waals surface area (Å²) in [5, 5.41) is -0.282. The van der Waals surface area contributed by atoms with E-state index in [1.807, 2.05) is 0 Å². The Labute approximate surface area is 38.9 Å². The molecule has 6 heavy (non-hydrogen) atoms. The fraction of sp³-hybridized carbons (Fsp3) is 0.333. The Hall–Kier alpha value is -0.310. The Bertz CT molecular complexity index is 93.4. The van der Waals surface area contributed by atoms with Crippen LogP contribution in [0.2, 0.25) is 0 Å². The molecule has 0 atom stereocenters. The predicted molar refractivity (Wildman–Crippen MR) is 22.5 cm³/mol.